The van der Waals surface area contributed by atoms with Crippen LogP contribution in [-0.4, -0.2) is 23.5 Å². The van der Waals surface area contributed by atoms with E-state index in [1.165, 1.54) is 0 Å². The second-order valence-electron chi connectivity index (χ2n) is 7.62. The maximum Gasteiger partial charge on any atom is 0.341 e. The molecule has 3 aromatic rings. The number of rotatable bonds is 9. The summed E-state index contributed by atoms with van der Waals surface area (Å²) in [6, 6.07) is 29.2. The SMILES string of the molecule is OC1(OCc2ccccc2)CCCOC1(OCc1ccccc1)OCc1ccccc1. The van der Waals surface area contributed by atoms with E-state index in [2.05, 4.69) is 0 Å². The van der Waals surface area contributed by atoms with Gasteiger partial charge >= 0.3 is 5.97 Å². The van der Waals surface area contributed by atoms with Crippen LogP contribution in [-0.2, 0) is 38.8 Å². The highest BCUT2D eigenvalue weighted by atomic mass is 16.9. The molecule has 0 bridgehead atoms. The van der Waals surface area contributed by atoms with Gasteiger partial charge in [0, 0.05) is 6.42 Å². The van der Waals surface area contributed by atoms with Gasteiger partial charge in [0.1, 0.15) is 0 Å². The molecule has 3 aromatic carbocycles. The standard InChI is InChI=1S/C26H28O5/c27-25(29-19-22-11-4-1-5-12-22)17-10-18-28-26(25,30-20-23-13-6-2-7-14-23)31-21-24-15-8-3-9-16-24/h1-9,11-16,27H,10,17-21H2. The summed E-state index contributed by atoms with van der Waals surface area (Å²) in [6.07, 6.45) is 0.972. The van der Waals surface area contributed by atoms with Gasteiger partial charge in [0.15, 0.2) is 0 Å². The van der Waals surface area contributed by atoms with Crippen LogP contribution in [0, 0.1) is 0 Å². The quantitative estimate of drug-likeness (QED) is 0.505. The van der Waals surface area contributed by atoms with Gasteiger partial charge < -0.3 is 24.1 Å². The van der Waals surface area contributed by atoms with Crippen LogP contribution in [0.3, 0.4) is 0 Å². The highest BCUT2D eigenvalue weighted by molar-refractivity contribution is 5.15. The molecular formula is C26H28O5. The first-order valence-electron chi connectivity index (χ1n) is 10.6. The third-order valence-electron chi connectivity index (χ3n) is 5.29. The van der Waals surface area contributed by atoms with Crippen molar-refractivity contribution < 1.29 is 24.1 Å². The topological polar surface area (TPSA) is 57.2 Å². The maximum atomic E-state index is 11.6. The molecule has 0 saturated carbocycles. The summed E-state index contributed by atoms with van der Waals surface area (Å²) in [7, 11) is 0. The molecule has 1 atom stereocenters. The van der Waals surface area contributed by atoms with E-state index in [1.807, 2.05) is 91.0 Å². The number of ether oxygens (including phenoxy) is 4. The van der Waals surface area contributed by atoms with Crippen LogP contribution >= 0.6 is 0 Å². The zero-order valence-electron chi connectivity index (χ0n) is 17.5. The molecule has 1 saturated heterocycles. The Kier molecular flexibility index (Phi) is 7.12. The van der Waals surface area contributed by atoms with Crippen molar-refractivity contribution >= 4 is 0 Å². The van der Waals surface area contributed by atoms with Gasteiger partial charge in [-0.2, -0.15) is 0 Å². The third-order valence-corrected chi connectivity index (χ3v) is 5.29. The molecule has 1 fully saturated rings. The Morgan fingerprint density at radius 1 is 0.645 bits per heavy atom. The summed E-state index contributed by atoms with van der Waals surface area (Å²) in [6.45, 7) is 1.05. The zero-order chi connectivity index (χ0) is 21.4. The number of aliphatic hydroxyl groups is 1. The molecule has 1 heterocycles. The van der Waals surface area contributed by atoms with E-state index in [0.717, 1.165) is 16.7 Å². The average molecular weight is 421 g/mol. The molecule has 0 amide bonds. The molecule has 1 N–H and O–H groups in total. The first kappa shape index (κ1) is 21.7. The Bertz CT molecular complexity index is 873. The number of hydrogen-bond donors (Lipinski definition) is 1. The van der Waals surface area contributed by atoms with Crippen LogP contribution in [0.2, 0.25) is 0 Å². The fourth-order valence-electron chi connectivity index (χ4n) is 3.58. The van der Waals surface area contributed by atoms with Crippen LogP contribution in [0.5, 0.6) is 0 Å². The van der Waals surface area contributed by atoms with Crippen molar-refractivity contribution in [3.8, 4) is 0 Å². The lowest BCUT2D eigenvalue weighted by Gasteiger charge is -2.47. The minimum absolute atomic E-state index is 0.214. The minimum atomic E-state index is -1.76. The summed E-state index contributed by atoms with van der Waals surface area (Å²) in [5.41, 5.74) is 2.84. The largest absolute Gasteiger partial charge is 0.359 e. The second-order valence-corrected chi connectivity index (χ2v) is 7.62. The summed E-state index contributed by atoms with van der Waals surface area (Å²) in [5, 5.41) is 11.6. The predicted octanol–water partition coefficient (Wildman–Crippen LogP) is 4.79. The van der Waals surface area contributed by atoms with Crippen molar-refractivity contribution in [2.24, 2.45) is 0 Å². The third kappa shape index (κ3) is 5.39. The van der Waals surface area contributed by atoms with E-state index in [-0.39, 0.29) is 19.8 Å². The molecule has 1 aliphatic heterocycles. The smallest absolute Gasteiger partial charge is 0.341 e. The van der Waals surface area contributed by atoms with Gasteiger partial charge in [-0.05, 0) is 23.1 Å². The lowest BCUT2D eigenvalue weighted by atomic mass is 10.0. The molecule has 0 spiro atoms. The molecular weight excluding hydrogens is 392 g/mol. The zero-order valence-corrected chi connectivity index (χ0v) is 17.5. The van der Waals surface area contributed by atoms with Crippen LogP contribution in [0.15, 0.2) is 91.0 Å². The predicted molar refractivity (Wildman–Crippen MR) is 117 cm³/mol. The molecule has 31 heavy (non-hydrogen) atoms. The summed E-state index contributed by atoms with van der Waals surface area (Å²) in [4.78, 5) is 0. The summed E-state index contributed by atoms with van der Waals surface area (Å²) >= 11 is 0. The highest BCUT2D eigenvalue weighted by Crippen LogP contribution is 2.40. The van der Waals surface area contributed by atoms with Crippen molar-refractivity contribution in [2.75, 3.05) is 6.61 Å². The fourth-order valence-corrected chi connectivity index (χ4v) is 3.58. The summed E-state index contributed by atoms with van der Waals surface area (Å²) in [5.74, 6) is -3.50. The van der Waals surface area contributed by atoms with Crippen molar-refractivity contribution in [3.63, 3.8) is 0 Å². The molecule has 5 nitrogen and oxygen atoms in total. The van der Waals surface area contributed by atoms with Crippen LogP contribution < -0.4 is 0 Å². The molecule has 0 radical (unpaired) electrons. The maximum absolute atomic E-state index is 11.6. The second kappa shape index (κ2) is 10.2. The van der Waals surface area contributed by atoms with Gasteiger partial charge in [0.2, 0.25) is 0 Å². The van der Waals surface area contributed by atoms with Gasteiger partial charge in [-0.1, -0.05) is 91.0 Å². The van der Waals surface area contributed by atoms with Crippen LogP contribution in [0.1, 0.15) is 29.5 Å². The average Bonchev–Trinajstić information content (AvgIpc) is 2.84. The molecule has 1 aliphatic rings. The van der Waals surface area contributed by atoms with Crippen LogP contribution in [0.25, 0.3) is 0 Å². The van der Waals surface area contributed by atoms with Gasteiger partial charge in [-0.3, -0.25) is 0 Å². The van der Waals surface area contributed by atoms with Crippen molar-refractivity contribution in [3.05, 3.63) is 108 Å². The van der Waals surface area contributed by atoms with E-state index < -0.39 is 11.8 Å². The first-order valence-corrected chi connectivity index (χ1v) is 10.6. The Morgan fingerprint density at radius 2 is 1.06 bits per heavy atom. The molecule has 0 aromatic heterocycles. The molecule has 4 rings (SSSR count). The Hall–Kier alpha value is -2.54. The lowest BCUT2D eigenvalue weighted by molar-refractivity contribution is -0.511. The highest BCUT2D eigenvalue weighted by Gasteiger charge is 2.58. The monoisotopic (exact) mass is 420 g/mol. The lowest BCUT2D eigenvalue weighted by Crippen LogP contribution is -2.63. The van der Waals surface area contributed by atoms with E-state index in [1.54, 1.807) is 0 Å². The van der Waals surface area contributed by atoms with Gasteiger partial charge in [0.05, 0.1) is 26.4 Å². The van der Waals surface area contributed by atoms with E-state index >= 15 is 0 Å². The molecule has 1 unspecified atom stereocenters. The van der Waals surface area contributed by atoms with Gasteiger partial charge in [-0.25, -0.2) is 0 Å². The normalized spacial score (nSPS) is 20.4. The van der Waals surface area contributed by atoms with Crippen molar-refractivity contribution in [1.82, 2.24) is 0 Å². The first-order chi connectivity index (χ1) is 15.2. The van der Waals surface area contributed by atoms with E-state index in [9.17, 15) is 5.11 Å². The van der Waals surface area contributed by atoms with Crippen LogP contribution in [0.4, 0.5) is 0 Å². The Morgan fingerprint density at radius 3 is 1.52 bits per heavy atom. The molecule has 0 aliphatic carbocycles. The van der Waals surface area contributed by atoms with Crippen molar-refractivity contribution in [1.29, 1.82) is 0 Å². The van der Waals surface area contributed by atoms with Crippen molar-refractivity contribution in [2.45, 2.75) is 44.4 Å². The minimum Gasteiger partial charge on any atom is -0.359 e. The number of benzene rings is 3. The summed E-state index contributed by atoms with van der Waals surface area (Å²) < 4.78 is 24.3. The fraction of sp³-hybridized carbons (Fsp3) is 0.308. The Labute approximate surface area is 183 Å². The van der Waals surface area contributed by atoms with Gasteiger partial charge in [0.25, 0.3) is 5.79 Å². The molecule has 162 valence electrons. The number of hydrogen-bond acceptors (Lipinski definition) is 5. The van der Waals surface area contributed by atoms with E-state index in [0.29, 0.717) is 19.4 Å². The van der Waals surface area contributed by atoms with Gasteiger partial charge in [-0.15, -0.1) is 0 Å². The Balaban J connectivity index is 1.56. The van der Waals surface area contributed by atoms with E-state index in [4.69, 9.17) is 18.9 Å². The molecule has 5 heteroatoms.